The molecule has 0 aromatic heterocycles. The van der Waals surface area contributed by atoms with E-state index in [0.717, 1.165) is 11.1 Å². The largest absolute Gasteiger partial charge is 0.506 e. The number of benzene rings is 1. The van der Waals surface area contributed by atoms with Crippen molar-refractivity contribution in [1.29, 1.82) is 0 Å². The highest BCUT2D eigenvalue weighted by molar-refractivity contribution is 5.56. The number of ether oxygens (including phenoxy) is 1. The Morgan fingerprint density at radius 2 is 2.08 bits per heavy atom. The van der Waals surface area contributed by atoms with Crippen LogP contribution in [0.1, 0.15) is 11.1 Å². The highest BCUT2D eigenvalue weighted by Gasteiger charge is 1.97. The standard InChI is InChI=1S/C10H8O3/c1-2-8-3-5-9(6-4-8)7-13-10(11)12/h1,3-6H,7H2,(H,11,12). The lowest BCUT2D eigenvalue weighted by atomic mass is 10.1. The predicted octanol–water partition coefficient (Wildman–Crippen LogP) is 1.86. The van der Waals surface area contributed by atoms with Crippen LogP contribution in [0.25, 0.3) is 0 Å². The maximum absolute atomic E-state index is 10.0. The Morgan fingerprint density at radius 3 is 2.54 bits per heavy atom. The minimum Gasteiger partial charge on any atom is -0.450 e. The minimum absolute atomic E-state index is 0.0557. The van der Waals surface area contributed by atoms with Gasteiger partial charge in [-0.1, -0.05) is 18.1 Å². The summed E-state index contributed by atoms with van der Waals surface area (Å²) in [6, 6.07) is 6.94. The fraction of sp³-hybridized carbons (Fsp3) is 0.100. The van der Waals surface area contributed by atoms with Crippen LogP contribution in [0.15, 0.2) is 24.3 Å². The number of terminal acetylenes is 1. The maximum Gasteiger partial charge on any atom is 0.506 e. The third kappa shape index (κ3) is 2.88. The Kier molecular flexibility index (Phi) is 2.93. The van der Waals surface area contributed by atoms with Crippen molar-refractivity contribution in [2.75, 3.05) is 0 Å². The number of hydrogen-bond acceptors (Lipinski definition) is 2. The van der Waals surface area contributed by atoms with Crippen LogP contribution in [0.3, 0.4) is 0 Å². The van der Waals surface area contributed by atoms with Gasteiger partial charge in [0.1, 0.15) is 6.61 Å². The van der Waals surface area contributed by atoms with Crippen LogP contribution in [-0.2, 0) is 11.3 Å². The Morgan fingerprint density at radius 1 is 1.46 bits per heavy atom. The second kappa shape index (κ2) is 4.17. The van der Waals surface area contributed by atoms with Gasteiger partial charge in [-0.25, -0.2) is 4.79 Å². The highest BCUT2D eigenvalue weighted by Crippen LogP contribution is 2.04. The Balaban J connectivity index is 2.60. The van der Waals surface area contributed by atoms with Gasteiger partial charge in [-0.05, 0) is 17.7 Å². The number of carboxylic acid groups (broad SMARTS) is 1. The molecule has 0 aliphatic rings. The molecule has 13 heavy (non-hydrogen) atoms. The second-order valence-electron chi connectivity index (χ2n) is 2.40. The molecule has 0 saturated carbocycles. The first kappa shape index (κ1) is 9.14. The van der Waals surface area contributed by atoms with E-state index in [-0.39, 0.29) is 6.61 Å². The quantitative estimate of drug-likeness (QED) is 0.552. The molecule has 0 heterocycles. The fourth-order valence-electron chi connectivity index (χ4n) is 0.842. The Labute approximate surface area is 76.0 Å². The molecule has 0 aliphatic carbocycles. The molecular weight excluding hydrogens is 168 g/mol. The minimum atomic E-state index is -1.28. The molecule has 1 aromatic carbocycles. The molecule has 0 atom stereocenters. The summed E-state index contributed by atoms with van der Waals surface area (Å²) in [5.74, 6) is 2.46. The summed E-state index contributed by atoms with van der Waals surface area (Å²) in [5.41, 5.74) is 1.54. The van der Waals surface area contributed by atoms with Gasteiger partial charge in [-0.15, -0.1) is 6.42 Å². The van der Waals surface area contributed by atoms with Crippen LogP contribution in [0, 0.1) is 12.3 Å². The summed E-state index contributed by atoms with van der Waals surface area (Å²) in [4.78, 5) is 10.0. The third-order valence-corrected chi connectivity index (χ3v) is 1.48. The van der Waals surface area contributed by atoms with Crippen molar-refractivity contribution in [3.8, 4) is 12.3 Å². The molecule has 0 saturated heterocycles. The van der Waals surface area contributed by atoms with Crippen LogP contribution in [-0.4, -0.2) is 11.3 Å². The molecule has 3 nitrogen and oxygen atoms in total. The van der Waals surface area contributed by atoms with E-state index in [1.54, 1.807) is 24.3 Å². The van der Waals surface area contributed by atoms with Gasteiger partial charge in [0.05, 0.1) is 0 Å². The van der Waals surface area contributed by atoms with Crippen LogP contribution < -0.4 is 0 Å². The zero-order valence-corrected chi connectivity index (χ0v) is 6.86. The van der Waals surface area contributed by atoms with Crippen molar-refractivity contribution in [3.05, 3.63) is 35.4 Å². The summed E-state index contributed by atoms with van der Waals surface area (Å²) in [5, 5.41) is 8.22. The molecule has 0 unspecified atom stereocenters. The average molecular weight is 176 g/mol. The van der Waals surface area contributed by atoms with E-state index in [1.807, 2.05) is 0 Å². The molecule has 0 spiro atoms. The Bertz CT molecular complexity index is 332. The van der Waals surface area contributed by atoms with Gasteiger partial charge in [0, 0.05) is 5.56 Å². The molecule has 0 fully saturated rings. The van der Waals surface area contributed by atoms with Gasteiger partial charge in [0.2, 0.25) is 0 Å². The van der Waals surface area contributed by atoms with Crippen LogP contribution in [0.2, 0.25) is 0 Å². The molecule has 1 rings (SSSR count). The molecule has 0 bridgehead atoms. The van der Waals surface area contributed by atoms with Gasteiger partial charge in [0.25, 0.3) is 0 Å². The second-order valence-corrected chi connectivity index (χ2v) is 2.40. The van der Waals surface area contributed by atoms with Crippen molar-refractivity contribution < 1.29 is 14.6 Å². The van der Waals surface area contributed by atoms with Crippen molar-refractivity contribution >= 4 is 6.16 Å². The number of carbonyl (C=O) groups is 1. The van der Waals surface area contributed by atoms with Gasteiger partial charge < -0.3 is 9.84 Å². The zero-order valence-electron chi connectivity index (χ0n) is 6.86. The molecule has 0 aliphatic heterocycles. The Hall–Kier alpha value is -1.95. The fourth-order valence-corrected chi connectivity index (χ4v) is 0.842. The summed E-state index contributed by atoms with van der Waals surface area (Å²) < 4.78 is 4.37. The van der Waals surface area contributed by atoms with E-state index in [4.69, 9.17) is 11.5 Å². The van der Waals surface area contributed by atoms with Crippen molar-refractivity contribution in [2.24, 2.45) is 0 Å². The molecule has 3 heteroatoms. The average Bonchev–Trinajstić information content (AvgIpc) is 2.15. The van der Waals surface area contributed by atoms with E-state index in [1.165, 1.54) is 0 Å². The molecule has 66 valence electrons. The van der Waals surface area contributed by atoms with Gasteiger partial charge in [-0.3, -0.25) is 0 Å². The lowest BCUT2D eigenvalue weighted by Gasteiger charge is -2.00. The predicted molar refractivity (Wildman–Crippen MR) is 47.2 cm³/mol. The van der Waals surface area contributed by atoms with Crippen LogP contribution in [0.4, 0.5) is 4.79 Å². The SMILES string of the molecule is C#Cc1ccc(COC(=O)O)cc1. The van der Waals surface area contributed by atoms with Crippen LogP contribution >= 0.6 is 0 Å². The summed E-state index contributed by atoms with van der Waals surface area (Å²) in [7, 11) is 0. The van der Waals surface area contributed by atoms with E-state index in [0.29, 0.717) is 0 Å². The van der Waals surface area contributed by atoms with Gasteiger partial charge in [-0.2, -0.15) is 0 Å². The lowest BCUT2D eigenvalue weighted by Crippen LogP contribution is -1.99. The first-order valence-corrected chi connectivity index (χ1v) is 3.63. The smallest absolute Gasteiger partial charge is 0.450 e. The summed E-state index contributed by atoms with van der Waals surface area (Å²) in [6.07, 6.45) is 3.87. The first-order valence-electron chi connectivity index (χ1n) is 3.63. The number of hydrogen-bond donors (Lipinski definition) is 1. The van der Waals surface area contributed by atoms with E-state index in [9.17, 15) is 4.79 Å². The first-order chi connectivity index (χ1) is 6.22. The van der Waals surface area contributed by atoms with E-state index >= 15 is 0 Å². The van der Waals surface area contributed by atoms with Gasteiger partial charge >= 0.3 is 6.16 Å². The van der Waals surface area contributed by atoms with Crippen LogP contribution in [0.5, 0.6) is 0 Å². The van der Waals surface area contributed by atoms with Crippen molar-refractivity contribution in [2.45, 2.75) is 6.61 Å². The maximum atomic E-state index is 10.0. The molecular formula is C10H8O3. The molecule has 0 amide bonds. The zero-order chi connectivity index (χ0) is 9.68. The normalized spacial score (nSPS) is 8.85. The monoisotopic (exact) mass is 176 g/mol. The molecule has 1 aromatic rings. The van der Waals surface area contributed by atoms with E-state index in [2.05, 4.69) is 10.7 Å². The lowest BCUT2D eigenvalue weighted by molar-refractivity contribution is 0.0854. The van der Waals surface area contributed by atoms with Crippen molar-refractivity contribution in [1.82, 2.24) is 0 Å². The molecule has 1 N–H and O–H groups in total. The summed E-state index contributed by atoms with van der Waals surface area (Å²) in [6.45, 7) is 0.0557. The third-order valence-electron chi connectivity index (χ3n) is 1.48. The topological polar surface area (TPSA) is 46.5 Å². The van der Waals surface area contributed by atoms with E-state index < -0.39 is 6.16 Å². The number of rotatable bonds is 2. The highest BCUT2D eigenvalue weighted by atomic mass is 16.7. The van der Waals surface area contributed by atoms with Gasteiger partial charge in [0.15, 0.2) is 0 Å². The van der Waals surface area contributed by atoms with Crippen molar-refractivity contribution in [3.63, 3.8) is 0 Å². The molecule has 0 radical (unpaired) electrons. The summed E-state index contributed by atoms with van der Waals surface area (Å²) >= 11 is 0.